The maximum absolute atomic E-state index is 14.2. The number of anilines is 2. The number of piperidine rings is 1. The number of aromatic nitrogens is 3. The topological polar surface area (TPSA) is 62.5 Å². The van der Waals surface area contributed by atoms with Crippen molar-refractivity contribution in [1.29, 1.82) is 0 Å². The summed E-state index contributed by atoms with van der Waals surface area (Å²) in [6.07, 6.45) is 1.06. The Labute approximate surface area is 184 Å². The molecule has 10 heteroatoms. The number of imidazole rings is 1. The van der Waals surface area contributed by atoms with Gasteiger partial charge in [-0.2, -0.15) is 0 Å². The van der Waals surface area contributed by atoms with Crippen molar-refractivity contribution in [2.75, 3.05) is 23.3 Å². The molecule has 30 heavy (non-hydrogen) atoms. The predicted octanol–water partition coefficient (Wildman–Crippen LogP) is 4.58. The summed E-state index contributed by atoms with van der Waals surface area (Å²) in [4.78, 5) is 23.4. The van der Waals surface area contributed by atoms with Crippen LogP contribution in [0.3, 0.4) is 0 Å². The highest BCUT2D eigenvalue weighted by Crippen LogP contribution is 2.32. The molecule has 0 unspecified atom stereocenters. The molecule has 1 aliphatic heterocycles. The number of amides is 1. The molecule has 2 aromatic heterocycles. The van der Waals surface area contributed by atoms with Gasteiger partial charge < -0.3 is 10.2 Å². The fraction of sp³-hybridized carbons (Fsp3) is 0.350. The summed E-state index contributed by atoms with van der Waals surface area (Å²) in [6.45, 7) is 3.97. The monoisotopic (exact) mass is 529 g/mol. The van der Waals surface area contributed by atoms with Gasteiger partial charge in [0.1, 0.15) is 5.82 Å². The van der Waals surface area contributed by atoms with E-state index in [1.807, 2.05) is 36.4 Å². The maximum Gasteiger partial charge on any atom is 0.259 e. The molecule has 0 saturated carbocycles. The molecule has 3 heterocycles. The number of fused-ring (bicyclic) bond motifs is 1. The zero-order chi connectivity index (χ0) is 21.6. The first-order valence-corrected chi connectivity index (χ1v) is 10.5. The zero-order valence-corrected chi connectivity index (χ0v) is 18.5. The van der Waals surface area contributed by atoms with Crippen LogP contribution in [0.5, 0.6) is 0 Å². The first kappa shape index (κ1) is 20.9. The van der Waals surface area contributed by atoms with Crippen LogP contribution in [0.15, 0.2) is 24.4 Å². The van der Waals surface area contributed by atoms with Gasteiger partial charge in [0.05, 0.1) is 17.5 Å². The third kappa shape index (κ3) is 3.96. The van der Waals surface area contributed by atoms with Gasteiger partial charge in [0.2, 0.25) is 0 Å². The fourth-order valence-corrected chi connectivity index (χ4v) is 3.89. The van der Waals surface area contributed by atoms with Crippen LogP contribution in [0.25, 0.3) is 5.65 Å². The number of aryl methyl sites for hydroxylation is 2. The number of nitrogens with zero attached hydrogens (tertiary/aromatic N) is 4. The molecule has 0 radical (unpaired) electrons. The Balaban J connectivity index is 1.72. The van der Waals surface area contributed by atoms with Crippen LogP contribution < -0.4 is 10.2 Å². The van der Waals surface area contributed by atoms with Crippen LogP contribution in [0.4, 0.5) is 24.8 Å². The Morgan fingerprint density at radius 2 is 1.90 bits per heavy atom. The quantitative estimate of drug-likeness (QED) is 0.505. The minimum Gasteiger partial charge on any atom is -0.353 e. The van der Waals surface area contributed by atoms with E-state index in [-0.39, 0.29) is 37.3 Å². The van der Waals surface area contributed by atoms with E-state index in [4.69, 9.17) is 0 Å². The molecule has 1 fully saturated rings. The number of carbonyl (C=O) groups is 1. The molecule has 158 valence electrons. The van der Waals surface area contributed by atoms with E-state index in [2.05, 4.69) is 15.3 Å². The molecule has 4 rings (SSSR count). The lowest BCUT2D eigenvalue weighted by Gasteiger charge is -2.32. The van der Waals surface area contributed by atoms with Gasteiger partial charge in [0.25, 0.3) is 11.8 Å². The molecule has 0 atom stereocenters. The lowest BCUT2D eigenvalue weighted by atomic mass is 10.1. The molecule has 0 spiro atoms. The highest BCUT2D eigenvalue weighted by molar-refractivity contribution is 14.1. The lowest BCUT2D eigenvalue weighted by molar-refractivity contribution is -0.0221. The smallest absolute Gasteiger partial charge is 0.259 e. The van der Waals surface area contributed by atoms with Gasteiger partial charge >= 0.3 is 0 Å². The predicted molar refractivity (Wildman–Crippen MR) is 116 cm³/mol. The molecule has 1 aromatic carbocycles. The Morgan fingerprint density at radius 3 is 2.57 bits per heavy atom. The second-order valence-corrected chi connectivity index (χ2v) is 8.59. The maximum atomic E-state index is 14.2. The van der Waals surface area contributed by atoms with Crippen molar-refractivity contribution in [1.82, 2.24) is 14.4 Å². The van der Waals surface area contributed by atoms with Crippen LogP contribution in [-0.2, 0) is 0 Å². The normalized spacial score (nSPS) is 16.1. The van der Waals surface area contributed by atoms with Gasteiger partial charge in [0, 0.05) is 35.2 Å². The molecule has 1 N–H and O–H groups in total. The molecule has 6 nitrogen and oxygen atoms in total. The van der Waals surface area contributed by atoms with Gasteiger partial charge in [-0.25, -0.2) is 23.1 Å². The molecule has 0 bridgehead atoms. The van der Waals surface area contributed by atoms with Crippen molar-refractivity contribution in [2.45, 2.75) is 32.6 Å². The third-order valence-corrected chi connectivity index (χ3v) is 5.95. The third-order valence-electron chi connectivity index (χ3n) is 5.28. The number of hydrogen-bond donors (Lipinski definition) is 1. The van der Waals surface area contributed by atoms with E-state index in [0.29, 0.717) is 15.0 Å². The average Bonchev–Trinajstić information content (AvgIpc) is 2.96. The summed E-state index contributed by atoms with van der Waals surface area (Å²) in [5.41, 5.74) is 2.04. The second-order valence-electron chi connectivity index (χ2n) is 7.35. The number of carbonyl (C=O) groups excluding carboxylic acids is 1. The molecular weight excluding hydrogens is 510 g/mol. The first-order valence-electron chi connectivity index (χ1n) is 9.40. The molecule has 1 aliphatic rings. The van der Waals surface area contributed by atoms with E-state index >= 15 is 0 Å². The van der Waals surface area contributed by atoms with Crippen LogP contribution in [0.2, 0.25) is 0 Å². The van der Waals surface area contributed by atoms with E-state index < -0.39 is 17.6 Å². The molecule has 0 aliphatic carbocycles. The number of halogens is 4. The number of hydrogen-bond acceptors (Lipinski definition) is 4. The van der Waals surface area contributed by atoms with Gasteiger partial charge in [-0.05, 0) is 54.6 Å². The lowest BCUT2D eigenvalue weighted by Crippen LogP contribution is -2.40. The van der Waals surface area contributed by atoms with Gasteiger partial charge in [0.15, 0.2) is 17.3 Å². The van der Waals surface area contributed by atoms with Crippen molar-refractivity contribution in [3.63, 3.8) is 0 Å². The largest absolute Gasteiger partial charge is 0.353 e. The SMILES string of the molecule is Cc1nc2c(N3CCC(F)(F)CC3)nc(NC(=O)c3ccc(I)cc3F)cn2c1C. The van der Waals surface area contributed by atoms with E-state index in [9.17, 15) is 18.0 Å². The zero-order valence-electron chi connectivity index (χ0n) is 16.3. The number of benzene rings is 1. The molecule has 1 amide bonds. The summed E-state index contributed by atoms with van der Waals surface area (Å²) >= 11 is 1.96. The van der Waals surface area contributed by atoms with E-state index in [1.54, 1.807) is 21.6 Å². The Bertz CT molecular complexity index is 1140. The number of rotatable bonds is 3. The Kier molecular flexibility index (Phi) is 5.37. The van der Waals surface area contributed by atoms with Crippen molar-refractivity contribution in [2.24, 2.45) is 0 Å². The first-order chi connectivity index (χ1) is 14.1. The Morgan fingerprint density at radius 1 is 1.20 bits per heavy atom. The molecule has 3 aromatic rings. The van der Waals surface area contributed by atoms with Gasteiger partial charge in [-0.3, -0.25) is 9.20 Å². The number of nitrogens with one attached hydrogen (secondary N) is 1. The molecular formula is C20H19F3IN5O. The van der Waals surface area contributed by atoms with Crippen molar-refractivity contribution < 1.29 is 18.0 Å². The van der Waals surface area contributed by atoms with Crippen LogP contribution in [0.1, 0.15) is 34.6 Å². The minimum absolute atomic E-state index is 0.102. The highest BCUT2D eigenvalue weighted by Gasteiger charge is 2.35. The van der Waals surface area contributed by atoms with Crippen LogP contribution in [-0.4, -0.2) is 39.3 Å². The van der Waals surface area contributed by atoms with Crippen LogP contribution >= 0.6 is 22.6 Å². The summed E-state index contributed by atoms with van der Waals surface area (Å²) in [6, 6.07) is 4.32. The van der Waals surface area contributed by atoms with E-state index in [1.165, 1.54) is 12.1 Å². The summed E-state index contributed by atoms with van der Waals surface area (Å²) in [5, 5.41) is 2.63. The standard InChI is InChI=1S/C20H19F3IN5O/c1-11-12(2)29-10-16(27-19(30)14-4-3-13(24)9-15(14)21)26-17(18(29)25-11)28-7-5-20(22,23)6-8-28/h3-4,9-10H,5-8H2,1-2H3,(H,27,30). The van der Waals surface area contributed by atoms with Gasteiger partial charge in [-0.1, -0.05) is 0 Å². The summed E-state index contributed by atoms with van der Waals surface area (Å²) < 4.78 is 43.9. The van der Waals surface area contributed by atoms with Crippen molar-refractivity contribution in [3.05, 3.63) is 50.7 Å². The molecule has 1 saturated heterocycles. The Hall–Kier alpha value is -2.37. The summed E-state index contributed by atoms with van der Waals surface area (Å²) in [5.74, 6) is -3.35. The minimum atomic E-state index is -2.69. The van der Waals surface area contributed by atoms with Crippen LogP contribution in [0, 0.1) is 23.2 Å². The highest BCUT2D eigenvalue weighted by atomic mass is 127. The van der Waals surface area contributed by atoms with Crippen molar-refractivity contribution in [3.8, 4) is 0 Å². The second kappa shape index (κ2) is 7.71. The summed E-state index contributed by atoms with van der Waals surface area (Å²) in [7, 11) is 0. The van der Waals surface area contributed by atoms with E-state index in [0.717, 1.165) is 11.4 Å². The number of alkyl halides is 2. The average molecular weight is 529 g/mol. The van der Waals surface area contributed by atoms with Crippen molar-refractivity contribution >= 4 is 45.8 Å². The van der Waals surface area contributed by atoms with Gasteiger partial charge in [-0.15, -0.1) is 0 Å². The fourth-order valence-electron chi connectivity index (χ4n) is 3.43.